The molecule has 21 heavy (non-hydrogen) atoms. The fourth-order valence-corrected chi connectivity index (χ4v) is 2.05. The zero-order valence-corrected chi connectivity index (χ0v) is 12.9. The molecule has 0 radical (unpaired) electrons. The number of rotatable bonds is 4. The lowest BCUT2D eigenvalue weighted by molar-refractivity contribution is -0.385. The maximum Gasteiger partial charge on any atom is 0.335 e. The molecule has 2 aromatic rings. The van der Waals surface area contributed by atoms with Gasteiger partial charge in [0.15, 0.2) is 0 Å². The van der Waals surface area contributed by atoms with E-state index >= 15 is 0 Å². The smallest absolute Gasteiger partial charge is 0.335 e. The second-order valence-corrected chi connectivity index (χ2v) is 5.23. The van der Waals surface area contributed by atoms with E-state index in [9.17, 15) is 14.9 Å². The van der Waals surface area contributed by atoms with Gasteiger partial charge in [0.1, 0.15) is 11.4 Å². The molecule has 1 aromatic heterocycles. The van der Waals surface area contributed by atoms with Crippen molar-refractivity contribution in [3.05, 3.63) is 55.3 Å². The molecule has 0 bridgehead atoms. The summed E-state index contributed by atoms with van der Waals surface area (Å²) in [7, 11) is 0. The maximum atomic E-state index is 10.9. The van der Waals surface area contributed by atoms with Gasteiger partial charge < -0.3 is 9.84 Å². The number of hydrogen-bond donors (Lipinski definition) is 1. The molecule has 0 unspecified atom stereocenters. The number of aromatic carboxylic acids is 1. The van der Waals surface area contributed by atoms with Crippen molar-refractivity contribution in [2.24, 2.45) is 0 Å². The number of carbonyl (C=O) groups is 1. The van der Waals surface area contributed by atoms with Gasteiger partial charge >= 0.3 is 5.97 Å². The number of halogens is 1. The van der Waals surface area contributed by atoms with E-state index in [-0.39, 0.29) is 22.8 Å². The van der Waals surface area contributed by atoms with E-state index in [0.717, 1.165) is 0 Å². The third kappa shape index (κ3) is 3.45. The number of carboxylic acids is 1. The summed E-state index contributed by atoms with van der Waals surface area (Å²) >= 11 is 2.00. The van der Waals surface area contributed by atoms with E-state index in [4.69, 9.17) is 9.84 Å². The van der Waals surface area contributed by atoms with E-state index in [0.29, 0.717) is 9.32 Å². The standard InChI is InChI=1S/C13H9IN2O5/c1-7-10(16(19)20)4-5-12(15-7)21-11-6-8(13(17)18)2-3-9(11)14/h2-6H,1H3,(H,17,18). The number of pyridine rings is 1. The monoisotopic (exact) mass is 400 g/mol. The van der Waals surface area contributed by atoms with Crippen molar-refractivity contribution in [1.29, 1.82) is 0 Å². The highest BCUT2D eigenvalue weighted by molar-refractivity contribution is 14.1. The summed E-state index contributed by atoms with van der Waals surface area (Å²) in [5.74, 6) is -0.570. The van der Waals surface area contributed by atoms with E-state index < -0.39 is 10.9 Å². The average molecular weight is 400 g/mol. The normalized spacial score (nSPS) is 10.2. The summed E-state index contributed by atoms with van der Waals surface area (Å²) in [5.41, 5.74) is 0.210. The minimum Gasteiger partial charge on any atom is -0.478 e. The highest BCUT2D eigenvalue weighted by Crippen LogP contribution is 2.28. The number of ether oxygens (including phenoxy) is 1. The summed E-state index contributed by atoms with van der Waals surface area (Å²) in [6.45, 7) is 1.50. The van der Waals surface area contributed by atoms with Crippen LogP contribution in [0.3, 0.4) is 0 Å². The van der Waals surface area contributed by atoms with Gasteiger partial charge in [-0.05, 0) is 47.7 Å². The Balaban J connectivity index is 2.34. The summed E-state index contributed by atoms with van der Waals surface area (Å²) in [5, 5.41) is 19.7. The van der Waals surface area contributed by atoms with Crippen molar-refractivity contribution in [2.45, 2.75) is 6.92 Å². The molecule has 0 amide bonds. The molecule has 1 aromatic carbocycles. The first kappa shape index (κ1) is 15.2. The van der Waals surface area contributed by atoms with E-state index in [1.807, 2.05) is 22.6 Å². The molecule has 108 valence electrons. The van der Waals surface area contributed by atoms with Gasteiger partial charge in [-0.2, -0.15) is 0 Å². The number of carboxylic acid groups (broad SMARTS) is 1. The van der Waals surface area contributed by atoms with Crippen molar-refractivity contribution in [1.82, 2.24) is 4.98 Å². The fourth-order valence-electron chi connectivity index (χ4n) is 1.61. The van der Waals surface area contributed by atoms with Crippen LogP contribution in [-0.4, -0.2) is 21.0 Å². The summed E-state index contributed by atoms with van der Waals surface area (Å²) in [4.78, 5) is 25.1. The van der Waals surface area contributed by atoms with Crippen molar-refractivity contribution < 1.29 is 19.6 Å². The first-order valence-electron chi connectivity index (χ1n) is 5.71. The quantitative estimate of drug-likeness (QED) is 0.480. The second-order valence-electron chi connectivity index (χ2n) is 4.06. The fraction of sp³-hybridized carbons (Fsp3) is 0.0769. The zero-order valence-electron chi connectivity index (χ0n) is 10.7. The molecule has 0 aliphatic rings. The Morgan fingerprint density at radius 3 is 2.67 bits per heavy atom. The molecule has 7 nitrogen and oxygen atoms in total. The molecule has 0 spiro atoms. The van der Waals surface area contributed by atoms with Gasteiger partial charge in [-0.3, -0.25) is 10.1 Å². The summed E-state index contributed by atoms with van der Waals surface area (Å²) in [6.07, 6.45) is 0. The number of aryl methyl sites for hydroxylation is 1. The molecular formula is C13H9IN2O5. The van der Waals surface area contributed by atoms with Gasteiger partial charge in [-0.25, -0.2) is 9.78 Å². The zero-order chi connectivity index (χ0) is 15.6. The Kier molecular flexibility index (Phi) is 4.36. The third-order valence-corrected chi connectivity index (χ3v) is 3.51. The maximum absolute atomic E-state index is 10.9. The molecule has 0 saturated carbocycles. The highest BCUT2D eigenvalue weighted by atomic mass is 127. The lowest BCUT2D eigenvalue weighted by Gasteiger charge is -2.08. The van der Waals surface area contributed by atoms with Crippen LogP contribution in [0.2, 0.25) is 0 Å². The number of nitrogens with zero attached hydrogens (tertiary/aromatic N) is 2. The van der Waals surface area contributed by atoms with Gasteiger partial charge in [0.2, 0.25) is 5.88 Å². The van der Waals surface area contributed by atoms with Crippen LogP contribution in [0.4, 0.5) is 5.69 Å². The Bertz CT molecular complexity index is 732. The van der Waals surface area contributed by atoms with Crippen LogP contribution in [0, 0.1) is 20.6 Å². The first-order chi connectivity index (χ1) is 9.88. The summed E-state index contributed by atoms with van der Waals surface area (Å²) in [6, 6.07) is 7.12. The van der Waals surface area contributed by atoms with E-state index in [1.54, 1.807) is 6.07 Å². The van der Waals surface area contributed by atoms with Crippen LogP contribution in [0.5, 0.6) is 11.6 Å². The van der Waals surface area contributed by atoms with Crippen LogP contribution in [-0.2, 0) is 0 Å². The van der Waals surface area contributed by atoms with Crippen LogP contribution < -0.4 is 4.74 Å². The molecule has 1 N–H and O–H groups in total. The Morgan fingerprint density at radius 1 is 1.38 bits per heavy atom. The summed E-state index contributed by atoms with van der Waals surface area (Å²) < 4.78 is 6.22. The minimum atomic E-state index is -1.07. The SMILES string of the molecule is Cc1nc(Oc2cc(C(=O)O)ccc2I)ccc1[N+](=O)[O-]. The van der Waals surface area contributed by atoms with E-state index in [2.05, 4.69) is 4.98 Å². The predicted molar refractivity (Wildman–Crippen MR) is 81.8 cm³/mol. The molecule has 2 rings (SSSR count). The van der Waals surface area contributed by atoms with Crippen molar-refractivity contribution in [2.75, 3.05) is 0 Å². The largest absolute Gasteiger partial charge is 0.478 e. The van der Waals surface area contributed by atoms with Crippen LogP contribution in [0.15, 0.2) is 30.3 Å². The minimum absolute atomic E-state index is 0.0871. The van der Waals surface area contributed by atoms with E-state index in [1.165, 1.54) is 31.2 Å². The highest BCUT2D eigenvalue weighted by Gasteiger charge is 2.14. The van der Waals surface area contributed by atoms with Crippen LogP contribution >= 0.6 is 22.6 Å². The van der Waals surface area contributed by atoms with Crippen LogP contribution in [0.1, 0.15) is 16.1 Å². The van der Waals surface area contributed by atoms with Crippen LogP contribution in [0.25, 0.3) is 0 Å². The molecule has 8 heteroatoms. The lowest BCUT2D eigenvalue weighted by atomic mass is 10.2. The second kappa shape index (κ2) is 6.04. The van der Waals surface area contributed by atoms with Gasteiger partial charge in [-0.15, -0.1) is 0 Å². The molecule has 0 aliphatic heterocycles. The molecule has 0 saturated heterocycles. The Labute approximate surface area is 132 Å². The number of aromatic nitrogens is 1. The molecular weight excluding hydrogens is 391 g/mol. The van der Waals surface area contributed by atoms with Gasteiger partial charge in [0.25, 0.3) is 5.69 Å². The average Bonchev–Trinajstić information content (AvgIpc) is 2.40. The third-order valence-electron chi connectivity index (χ3n) is 2.62. The van der Waals surface area contributed by atoms with Gasteiger partial charge in [0, 0.05) is 12.1 Å². The van der Waals surface area contributed by atoms with Gasteiger partial charge in [0.05, 0.1) is 14.1 Å². The molecule has 1 heterocycles. The van der Waals surface area contributed by atoms with Crippen molar-refractivity contribution in [3.63, 3.8) is 0 Å². The Morgan fingerprint density at radius 2 is 2.10 bits per heavy atom. The molecule has 0 atom stereocenters. The van der Waals surface area contributed by atoms with Gasteiger partial charge in [-0.1, -0.05) is 0 Å². The molecule has 0 fully saturated rings. The lowest BCUT2D eigenvalue weighted by Crippen LogP contribution is -1.99. The number of hydrogen-bond acceptors (Lipinski definition) is 5. The Hall–Kier alpha value is -2.23. The van der Waals surface area contributed by atoms with Crippen molar-refractivity contribution in [3.8, 4) is 11.6 Å². The molecule has 0 aliphatic carbocycles. The number of nitro groups is 1. The number of benzene rings is 1. The van der Waals surface area contributed by atoms with Crippen molar-refractivity contribution >= 4 is 34.2 Å². The topological polar surface area (TPSA) is 103 Å². The first-order valence-corrected chi connectivity index (χ1v) is 6.79. The predicted octanol–water partition coefficient (Wildman–Crippen LogP) is 3.39.